The van der Waals surface area contributed by atoms with Crippen LogP contribution in [-0.4, -0.2) is 30.6 Å². The summed E-state index contributed by atoms with van der Waals surface area (Å²) in [7, 11) is 0. The van der Waals surface area contributed by atoms with Crippen LogP contribution in [0.4, 0.5) is 0 Å². The smallest absolute Gasteiger partial charge is 0.0833 e. The summed E-state index contributed by atoms with van der Waals surface area (Å²) in [5.41, 5.74) is 2.68. The standard InChI is InChI=1S/C14H21NO/c1-3-12-5-7-13(8-6-12)11-16-14-9-15(4-2)10-14/h5-8,14H,3-4,9-11H2,1-2H3. The maximum absolute atomic E-state index is 5.83. The highest BCUT2D eigenvalue weighted by Gasteiger charge is 2.25. The maximum atomic E-state index is 5.83. The molecule has 0 spiro atoms. The Balaban J connectivity index is 1.73. The molecule has 1 aromatic rings. The summed E-state index contributed by atoms with van der Waals surface area (Å²) in [5, 5.41) is 0. The van der Waals surface area contributed by atoms with Gasteiger partial charge in [-0.25, -0.2) is 0 Å². The second-order valence-corrected chi connectivity index (χ2v) is 4.46. The summed E-state index contributed by atoms with van der Waals surface area (Å²) >= 11 is 0. The summed E-state index contributed by atoms with van der Waals surface area (Å²) in [6.45, 7) is 8.48. The first kappa shape index (κ1) is 11.6. The van der Waals surface area contributed by atoms with E-state index in [9.17, 15) is 0 Å². The Bertz CT molecular complexity index is 314. The van der Waals surface area contributed by atoms with Crippen molar-refractivity contribution in [2.24, 2.45) is 0 Å². The summed E-state index contributed by atoms with van der Waals surface area (Å²) in [5.74, 6) is 0. The SMILES string of the molecule is CCc1ccc(COC2CN(CC)C2)cc1. The lowest BCUT2D eigenvalue weighted by atomic mass is 10.1. The highest BCUT2D eigenvalue weighted by Crippen LogP contribution is 2.13. The van der Waals surface area contributed by atoms with Crippen molar-refractivity contribution in [2.45, 2.75) is 33.0 Å². The molecule has 0 aliphatic carbocycles. The van der Waals surface area contributed by atoms with Gasteiger partial charge in [0.15, 0.2) is 0 Å². The van der Waals surface area contributed by atoms with E-state index in [1.165, 1.54) is 11.1 Å². The molecule has 0 amide bonds. The third-order valence-corrected chi connectivity index (χ3v) is 3.29. The van der Waals surface area contributed by atoms with E-state index in [0.717, 1.165) is 32.7 Å². The van der Waals surface area contributed by atoms with E-state index in [0.29, 0.717) is 6.10 Å². The molecule has 2 heteroatoms. The quantitative estimate of drug-likeness (QED) is 0.754. The Morgan fingerprint density at radius 3 is 2.31 bits per heavy atom. The summed E-state index contributed by atoms with van der Waals surface area (Å²) in [6.07, 6.45) is 1.56. The lowest BCUT2D eigenvalue weighted by Gasteiger charge is -2.38. The zero-order chi connectivity index (χ0) is 11.4. The van der Waals surface area contributed by atoms with Crippen LogP contribution in [0.3, 0.4) is 0 Å². The first-order chi connectivity index (χ1) is 7.81. The minimum absolute atomic E-state index is 0.450. The van der Waals surface area contributed by atoms with Gasteiger partial charge in [0.05, 0.1) is 12.7 Å². The van der Waals surface area contributed by atoms with Crippen LogP contribution in [0.2, 0.25) is 0 Å². The van der Waals surface area contributed by atoms with Gasteiger partial charge in [0.1, 0.15) is 0 Å². The molecule has 1 saturated heterocycles. The van der Waals surface area contributed by atoms with E-state index in [1.54, 1.807) is 0 Å². The number of nitrogens with zero attached hydrogens (tertiary/aromatic N) is 1. The Labute approximate surface area is 98.2 Å². The van der Waals surface area contributed by atoms with Crippen molar-refractivity contribution < 1.29 is 4.74 Å². The van der Waals surface area contributed by atoms with Gasteiger partial charge in [-0.15, -0.1) is 0 Å². The third-order valence-electron chi connectivity index (χ3n) is 3.29. The molecule has 0 atom stereocenters. The molecule has 0 bridgehead atoms. The second-order valence-electron chi connectivity index (χ2n) is 4.46. The van der Waals surface area contributed by atoms with E-state index < -0.39 is 0 Å². The second kappa shape index (κ2) is 5.46. The molecule has 1 aromatic carbocycles. The number of benzene rings is 1. The molecule has 1 heterocycles. The van der Waals surface area contributed by atoms with Gasteiger partial charge in [-0.3, -0.25) is 4.90 Å². The molecular weight excluding hydrogens is 198 g/mol. The molecular formula is C14H21NO. The van der Waals surface area contributed by atoms with Crippen LogP contribution < -0.4 is 0 Å². The van der Waals surface area contributed by atoms with Gasteiger partial charge < -0.3 is 4.74 Å². The Morgan fingerprint density at radius 1 is 1.12 bits per heavy atom. The molecule has 1 aliphatic heterocycles. The van der Waals surface area contributed by atoms with Gasteiger partial charge in [-0.05, 0) is 24.1 Å². The number of aryl methyl sites for hydroxylation is 1. The normalized spacial score (nSPS) is 17.4. The van der Waals surface area contributed by atoms with Crippen LogP contribution in [-0.2, 0) is 17.8 Å². The molecule has 2 rings (SSSR count). The van der Waals surface area contributed by atoms with Gasteiger partial charge >= 0.3 is 0 Å². The van der Waals surface area contributed by atoms with E-state index in [1.807, 2.05) is 0 Å². The number of rotatable bonds is 5. The molecule has 88 valence electrons. The summed E-state index contributed by atoms with van der Waals surface area (Å²) in [6, 6.07) is 8.74. The van der Waals surface area contributed by atoms with E-state index in [-0.39, 0.29) is 0 Å². The predicted molar refractivity (Wildman–Crippen MR) is 66.5 cm³/mol. The fourth-order valence-corrected chi connectivity index (χ4v) is 1.97. The van der Waals surface area contributed by atoms with E-state index in [2.05, 4.69) is 43.0 Å². The Kier molecular flexibility index (Phi) is 3.97. The molecule has 2 nitrogen and oxygen atoms in total. The predicted octanol–water partition coefficient (Wildman–Crippen LogP) is 2.47. The average molecular weight is 219 g/mol. The number of hydrogen-bond acceptors (Lipinski definition) is 2. The number of ether oxygens (including phenoxy) is 1. The first-order valence-electron chi connectivity index (χ1n) is 6.23. The minimum Gasteiger partial charge on any atom is -0.371 e. The van der Waals surface area contributed by atoms with Gasteiger partial charge in [0.25, 0.3) is 0 Å². The van der Waals surface area contributed by atoms with E-state index >= 15 is 0 Å². The van der Waals surface area contributed by atoms with Crippen LogP contribution in [0.1, 0.15) is 25.0 Å². The molecule has 0 N–H and O–H groups in total. The third kappa shape index (κ3) is 2.83. The lowest BCUT2D eigenvalue weighted by Crippen LogP contribution is -2.51. The number of likely N-dealkylation sites (N-methyl/N-ethyl adjacent to an activating group) is 1. The molecule has 0 aromatic heterocycles. The van der Waals surface area contributed by atoms with Gasteiger partial charge in [0, 0.05) is 13.1 Å². The van der Waals surface area contributed by atoms with Crippen LogP contribution in [0, 0.1) is 0 Å². The van der Waals surface area contributed by atoms with Crippen molar-refractivity contribution in [3.8, 4) is 0 Å². The Morgan fingerprint density at radius 2 is 1.75 bits per heavy atom. The molecule has 0 radical (unpaired) electrons. The highest BCUT2D eigenvalue weighted by atomic mass is 16.5. The fourth-order valence-electron chi connectivity index (χ4n) is 1.97. The van der Waals surface area contributed by atoms with Crippen molar-refractivity contribution in [2.75, 3.05) is 19.6 Å². The zero-order valence-corrected chi connectivity index (χ0v) is 10.3. The van der Waals surface area contributed by atoms with Crippen molar-refractivity contribution in [3.63, 3.8) is 0 Å². The lowest BCUT2D eigenvalue weighted by molar-refractivity contribution is -0.0603. The monoisotopic (exact) mass is 219 g/mol. The maximum Gasteiger partial charge on any atom is 0.0833 e. The minimum atomic E-state index is 0.450. The van der Waals surface area contributed by atoms with E-state index in [4.69, 9.17) is 4.74 Å². The first-order valence-corrected chi connectivity index (χ1v) is 6.23. The molecule has 16 heavy (non-hydrogen) atoms. The topological polar surface area (TPSA) is 12.5 Å². The fraction of sp³-hybridized carbons (Fsp3) is 0.571. The summed E-state index contributed by atoms with van der Waals surface area (Å²) in [4.78, 5) is 2.39. The van der Waals surface area contributed by atoms with Crippen LogP contribution >= 0.6 is 0 Å². The highest BCUT2D eigenvalue weighted by molar-refractivity contribution is 5.21. The summed E-state index contributed by atoms with van der Waals surface area (Å²) < 4.78 is 5.83. The largest absolute Gasteiger partial charge is 0.371 e. The molecule has 1 aliphatic rings. The number of hydrogen-bond donors (Lipinski definition) is 0. The molecule has 1 fully saturated rings. The van der Waals surface area contributed by atoms with Gasteiger partial charge in [0.2, 0.25) is 0 Å². The van der Waals surface area contributed by atoms with Crippen LogP contribution in [0.25, 0.3) is 0 Å². The van der Waals surface area contributed by atoms with Crippen molar-refractivity contribution >= 4 is 0 Å². The zero-order valence-electron chi connectivity index (χ0n) is 10.3. The average Bonchev–Trinajstić information content (AvgIpc) is 2.28. The van der Waals surface area contributed by atoms with Crippen molar-refractivity contribution in [1.82, 2.24) is 4.90 Å². The van der Waals surface area contributed by atoms with Crippen LogP contribution in [0.5, 0.6) is 0 Å². The van der Waals surface area contributed by atoms with Gasteiger partial charge in [-0.2, -0.15) is 0 Å². The molecule has 0 unspecified atom stereocenters. The van der Waals surface area contributed by atoms with Gasteiger partial charge in [-0.1, -0.05) is 38.1 Å². The van der Waals surface area contributed by atoms with Crippen molar-refractivity contribution in [3.05, 3.63) is 35.4 Å². The Hall–Kier alpha value is -0.860. The molecule has 0 saturated carbocycles. The van der Waals surface area contributed by atoms with Crippen molar-refractivity contribution in [1.29, 1.82) is 0 Å². The van der Waals surface area contributed by atoms with Crippen LogP contribution in [0.15, 0.2) is 24.3 Å². The number of likely N-dealkylation sites (tertiary alicyclic amines) is 1.